The van der Waals surface area contributed by atoms with E-state index >= 15 is 0 Å². The van der Waals surface area contributed by atoms with Crippen LogP contribution in [0.3, 0.4) is 0 Å². The molecule has 192 valence electrons. The smallest absolute Gasteiger partial charge is 0.419 e. The second-order valence-corrected chi connectivity index (χ2v) is 10.8. The summed E-state index contributed by atoms with van der Waals surface area (Å²) >= 11 is 0. The molecule has 36 heavy (non-hydrogen) atoms. The molecule has 1 aromatic heterocycles. The number of methoxy groups -OCH3 is 1. The van der Waals surface area contributed by atoms with Crippen molar-refractivity contribution in [2.75, 3.05) is 29.7 Å². The minimum absolute atomic E-state index is 0.00279. The van der Waals surface area contributed by atoms with Crippen molar-refractivity contribution in [1.29, 1.82) is 0 Å². The van der Waals surface area contributed by atoms with Crippen LogP contribution < -0.4 is 15.8 Å². The second-order valence-electron chi connectivity index (χ2n) is 8.62. The van der Waals surface area contributed by atoms with E-state index < -0.39 is 33.4 Å². The number of ether oxygens (including phenoxy) is 1. The van der Waals surface area contributed by atoms with Crippen molar-refractivity contribution in [1.82, 2.24) is 9.97 Å². The largest absolute Gasteiger partial charge is 0.496 e. The van der Waals surface area contributed by atoms with Gasteiger partial charge in [0.15, 0.2) is 9.84 Å². The molecule has 0 bridgehead atoms. The quantitative estimate of drug-likeness (QED) is 0.355. The average Bonchev–Trinajstić information content (AvgIpc) is 2.78. The molecule has 12 heteroatoms. The highest BCUT2D eigenvalue weighted by Crippen LogP contribution is 2.39. The summed E-state index contributed by atoms with van der Waals surface area (Å²) in [5, 5.41) is 3.51. The Labute approximate surface area is 205 Å². The number of halogens is 4. The Hall–Kier alpha value is -3.41. The Morgan fingerprint density at radius 2 is 1.89 bits per heavy atom. The first-order valence-corrected chi connectivity index (χ1v) is 12.8. The number of nitrogens with zero attached hydrogens (tertiary/aromatic N) is 2. The van der Waals surface area contributed by atoms with Gasteiger partial charge >= 0.3 is 6.18 Å². The van der Waals surface area contributed by atoms with Crippen molar-refractivity contribution in [3.05, 3.63) is 58.7 Å². The van der Waals surface area contributed by atoms with E-state index in [4.69, 9.17) is 10.5 Å². The number of hydrogen-bond donors (Lipinski definition) is 2. The predicted molar refractivity (Wildman–Crippen MR) is 130 cm³/mol. The van der Waals surface area contributed by atoms with Crippen LogP contribution in [0.2, 0.25) is 0 Å². The highest BCUT2D eigenvalue weighted by molar-refractivity contribution is 7.91. The molecule has 1 atom stereocenters. The molecule has 2 heterocycles. The normalized spacial score (nSPS) is 16.5. The lowest BCUT2D eigenvalue weighted by Crippen LogP contribution is -2.16. The maximum absolute atomic E-state index is 14.8. The topological polar surface area (TPSA) is 107 Å². The molecule has 1 aliphatic rings. The summed E-state index contributed by atoms with van der Waals surface area (Å²) in [6, 6.07) is 4.20. The van der Waals surface area contributed by atoms with E-state index in [1.54, 1.807) is 25.1 Å². The molecule has 0 saturated carbocycles. The van der Waals surface area contributed by atoms with Gasteiger partial charge in [0.05, 0.1) is 35.7 Å². The minimum atomic E-state index is -4.90. The predicted octanol–water partition coefficient (Wildman–Crippen LogP) is 5.06. The first kappa shape index (κ1) is 25.7. The lowest BCUT2D eigenvalue weighted by molar-refractivity contribution is -0.140. The summed E-state index contributed by atoms with van der Waals surface area (Å²) in [5.41, 5.74) is 5.63. The van der Waals surface area contributed by atoms with E-state index in [0.29, 0.717) is 40.5 Å². The molecule has 4 rings (SSSR count). The monoisotopic (exact) mass is 524 g/mol. The molecule has 0 aliphatic carbocycles. The number of allylic oxidation sites excluding steroid dienone is 1. The van der Waals surface area contributed by atoms with Crippen LogP contribution in [0.1, 0.15) is 41.9 Å². The number of nitrogens with one attached hydrogen (secondary N) is 1. The van der Waals surface area contributed by atoms with Crippen LogP contribution in [0.15, 0.2) is 30.3 Å². The third-order valence-corrected chi connectivity index (χ3v) is 7.49. The van der Waals surface area contributed by atoms with Gasteiger partial charge in [-0.3, -0.25) is 0 Å². The van der Waals surface area contributed by atoms with Gasteiger partial charge in [-0.2, -0.15) is 13.2 Å². The van der Waals surface area contributed by atoms with E-state index in [1.165, 1.54) is 14.0 Å². The van der Waals surface area contributed by atoms with Gasteiger partial charge in [-0.25, -0.2) is 22.8 Å². The number of nitrogen functional groups attached to an aromatic ring is 1. The van der Waals surface area contributed by atoms with Crippen molar-refractivity contribution < 1.29 is 30.7 Å². The fraction of sp³-hybridized carbons (Fsp3) is 0.333. The number of aromatic nitrogens is 2. The third kappa shape index (κ3) is 5.08. The number of rotatable bonds is 5. The Morgan fingerprint density at radius 3 is 2.50 bits per heavy atom. The summed E-state index contributed by atoms with van der Waals surface area (Å²) in [6.07, 6.45) is -2.97. The van der Waals surface area contributed by atoms with E-state index in [-0.39, 0.29) is 28.6 Å². The number of aryl methyl sites for hydroxylation is 1. The van der Waals surface area contributed by atoms with Crippen molar-refractivity contribution in [2.45, 2.75) is 32.5 Å². The average molecular weight is 525 g/mol. The third-order valence-electron chi connectivity index (χ3n) is 5.99. The number of sulfone groups is 1. The van der Waals surface area contributed by atoms with Crippen molar-refractivity contribution in [2.24, 2.45) is 0 Å². The van der Waals surface area contributed by atoms with Crippen LogP contribution >= 0.6 is 0 Å². The molecule has 0 amide bonds. The molecule has 0 saturated heterocycles. The first-order valence-electron chi connectivity index (χ1n) is 11.0. The van der Waals surface area contributed by atoms with Crippen LogP contribution in [0, 0.1) is 12.7 Å². The van der Waals surface area contributed by atoms with E-state index in [1.807, 2.05) is 0 Å². The van der Waals surface area contributed by atoms with Crippen molar-refractivity contribution >= 4 is 37.8 Å². The van der Waals surface area contributed by atoms with Gasteiger partial charge in [0, 0.05) is 28.3 Å². The van der Waals surface area contributed by atoms with E-state index in [9.17, 15) is 26.0 Å². The van der Waals surface area contributed by atoms with Crippen LogP contribution in [0.25, 0.3) is 16.5 Å². The van der Waals surface area contributed by atoms with Gasteiger partial charge in [-0.1, -0.05) is 6.08 Å². The maximum atomic E-state index is 14.8. The molecule has 1 aliphatic heterocycles. The zero-order valence-electron chi connectivity index (χ0n) is 19.7. The maximum Gasteiger partial charge on any atom is 0.419 e. The number of hydrogen-bond acceptors (Lipinski definition) is 7. The standard InChI is InChI=1S/C24H24F4N4O3S/c1-12(16-8-15(29)9-19(22(16)25)24(26,27)28)30-23-18-10-17(14-4-6-36(33,34)7-5-14)21(35-3)11-20(18)31-13(2)32-23/h4,8-12H,5-7,29H2,1-3H3,(H,30,31,32)/t12-/m1/s1. The number of nitrogens with two attached hydrogens (primary N) is 1. The zero-order valence-corrected chi connectivity index (χ0v) is 20.5. The number of benzene rings is 2. The second kappa shape index (κ2) is 9.23. The van der Waals surface area contributed by atoms with Gasteiger partial charge in [0.1, 0.15) is 23.2 Å². The minimum Gasteiger partial charge on any atom is -0.496 e. The Kier molecular flexibility index (Phi) is 6.58. The highest BCUT2D eigenvalue weighted by Gasteiger charge is 2.36. The first-order chi connectivity index (χ1) is 16.8. The van der Waals surface area contributed by atoms with Crippen molar-refractivity contribution in [3.63, 3.8) is 0 Å². The van der Waals surface area contributed by atoms with Gasteiger partial charge in [-0.05, 0) is 44.0 Å². The van der Waals surface area contributed by atoms with Crippen LogP contribution in [-0.2, 0) is 16.0 Å². The summed E-state index contributed by atoms with van der Waals surface area (Å²) in [7, 11) is -1.66. The van der Waals surface area contributed by atoms with Gasteiger partial charge in [0.2, 0.25) is 0 Å². The summed E-state index contributed by atoms with van der Waals surface area (Å²) in [4.78, 5) is 8.82. The molecular weight excluding hydrogens is 500 g/mol. The molecule has 0 unspecified atom stereocenters. The molecule has 0 spiro atoms. The van der Waals surface area contributed by atoms with E-state index in [0.717, 1.165) is 11.6 Å². The van der Waals surface area contributed by atoms with Crippen LogP contribution in [0.4, 0.5) is 29.1 Å². The molecule has 3 aromatic rings. The molecule has 3 N–H and O–H groups in total. The summed E-state index contributed by atoms with van der Waals surface area (Å²) in [5.74, 6) is -0.369. The molecular formula is C24H24F4N4O3S. The Morgan fingerprint density at radius 1 is 1.17 bits per heavy atom. The Balaban J connectivity index is 1.81. The van der Waals surface area contributed by atoms with Gasteiger partial charge in [-0.15, -0.1) is 0 Å². The lowest BCUT2D eigenvalue weighted by atomic mass is 9.99. The molecule has 7 nitrogen and oxygen atoms in total. The van der Waals surface area contributed by atoms with E-state index in [2.05, 4.69) is 15.3 Å². The van der Waals surface area contributed by atoms with Crippen LogP contribution in [-0.4, -0.2) is 37.0 Å². The zero-order chi connectivity index (χ0) is 26.4. The molecule has 2 aromatic carbocycles. The summed E-state index contributed by atoms with van der Waals surface area (Å²) in [6.45, 7) is 3.15. The Bertz CT molecular complexity index is 1490. The fourth-order valence-electron chi connectivity index (χ4n) is 4.20. The SMILES string of the molecule is COc1cc2nc(C)nc(N[C@H](C)c3cc(N)cc(C(F)(F)F)c3F)c2cc1C1=CCS(=O)(=O)CC1. The lowest BCUT2D eigenvalue weighted by Gasteiger charge is -2.21. The van der Waals surface area contributed by atoms with Gasteiger partial charge < -0.3 is 15.8 Å². The van der Waals surface area contributed by atoms with Gasteiger partial charge in [0.25, 0.3) is 0 Å². The molecule has 0 fully saturated rings. The number of fused-ring (bicyclic) bond motifs is 1. The number of anilines is 2. The summed E-state index contributed by atoms with van der Waals surface area (Å²) < 4.78 is 84.0. The van der Waals surface area contributed by atoms with Crippen LogP contribution in [0.5, 0.6) is 5.75 Å². The fourth-order valence-corrected chi connectivity index (χ4v) is 5.35. The number of alkyl halides is 3. The molecule has 0 radical (unpaired) electrons. The van der Waals surface area contributed by atoms with Crippen molar-refractivity contribution in [3.8, 4) is 5.75 Å². The highest BCUT2D eigenvalue weighted by atomic mass is 32.2.